The van der Waals surface area contributed by atoms with Gasteiger partial charge in [-0.15, -0.1) is 0 Å². The molecule has 1 N–H and O–H groups in total. The molecule has 0 aromatic heterocycles. The van der Waals surface area contributed by atoms with Gasteiger partial charge in [0.1, 0.15) is 0 Å². The van der Waals surface area contributed by atoms with Crippen LogP contribution in [0.25, 0.3) is 0 Å². The molecule has 0 saturated carbocycles. The van der Waals surface area contributed by atoms with Crippen LogP contribution in [0.4, 0.5) is 18.9 Å². The highest BCUT2D eigenvalue weighted by Gasteiger charge is 2.34. The number of nitrogens with one attached hydrogen (secondary N) is 1. The van der Waals surface area contributed by atoms with E-state index in [2.05, 4.69) is 10.1 Å². The van der Waals surface area contributed by atoms with Gasteiger partial charge in [0.15, 0.2) is 0 Å². The van der Waals surface area contributed by atoms with Crippen molar-refractivity contribution >= 4 is 11.7 Å². The number of hydrogen-bond donors (Lipinski definition) is 1. The largest absolute Gasteiger partial charge is 0.469 e. The lowest BCUT2D eigenvalue weighted by Crippen LogP contribution is -2.24. The molecule has 1 atom stereocenters. The zero-order chi connectivity index (χ0) is 13.3. The minimum Gasteiger partial charge on any atom is -0.469 e. The third-order valence-electron chi connectivity index (χ3n) is 2.99. The molecule has 18 heavy (non-hydrogen) atoms. The average molecular weight is 259 g/mol. The van der Waals surface area contributed by atoms with E-state index in [0.717, 1.165) is 12.1 Å². The van der Waals surface area contributed by atoms with Gasteiger partial charge in [0, 0.05) is 12.2 Å². The maximum Gasteiger partial charge on any atom is 0.416 e. The van der Waals surface area contributed by atoms with Crippen LogP contribution in [0.5, 0.6) is 0 Å². The Labute approximate surface area is 102 Å². The standard InChI is InChI=1S/C12H12F3NO2/c1-18-11(17)8-4-5-16-10-3-2-7(6-9(8)10)12(13,14)15/h2-3,6,8,16H,4-5H2,1H3. The molecular weight excluding hydrogens is 247 g/mol. The van der Waals surface area contributed by atoms with E-state index >= 15 is 0 Å². The molecule has 0 radical (unpaired) electrons. The Hall–Kier alpha value is -1.72. The van der Waals surface area contributed by atoms with Crippen LogP contribution in [0, 0.1) is 0 Å². The van der Waals surface area contributed by atoms with Gasteiger partial charge >= 0.3 is 12.1 Å². The second-order valence-electron chi connectivity index (χ2n) is 4.09. The van der Waals surface area contributed by atoms with Crippen LogP contribution in [-0.2, 0) is 15.7 Å². The van der Waals surface area contributed by atoms with E-state index in [-0.39, 0.29) is 0 Å². The van der Waals surface area contributed by atoms with E-state index in [1.165, 1.54) is 13.2 Å². The Bertz CT molecular complexity index is 471. The number of methoxy groups -OCH3 is 1. The molecule has 0 fully saturated rings. The van der Waals surface area contributed by atoms with E-state index in [0.29, 0.717) is 24.2 Å². The van der Waals surface area contributed by atoms with Crippen LogP contribution in [0.1, 0.15) is 23.5 Å². The van der Waals surface area contributed by atoms with E-state index < -0.39 is 23.6 Å². The van der Waals surface area contributed by atoms with E-state index in [4.69, 9.17) is 0 Å². The number of carbonyl (C=O) groups is 1. The van der Waals surface area contributed by atoms with Crippen LogP contribution in [-0.4, -0.2) is 19.6 Å². The first-order valence-electron chi connectivity index (χ1n) is 5.46. The van der Waals surface area contributed by atoms with Crippen molar-refractivity contribution in [3.63, 3.8) is 0 Å². The maximum absolute atomic E-state index is 12.6. The minimum atomic E-state index is -4.41. The summed E-state index contributed by atoms with van der Waals surface area (Å²) in [6.45, 7) is 0.540. The molecule has 0 bridgehead atoms. The Morgan fingerprint density at radius 3 is 2.78 bits per heavy atom. The lowest BCUT2D eigenvalue weighted by molar-refractivity contribution is -0.143. The normalized spacial score (nSPS) is 18.8. The zero-order valence-corrected chi connectivity index (χ0v) is 9.67. The molecule has 1 aliphatic heterocycles. The number of hydrogen-bond acceptors (Lipinski definition) is 3. The van der Waals surface area contributed by atoms with Crippen molar-refractivity contribution in [3.8, 4) is 0 Å². The van der Waals surface area contributed by atoms with Crippen molar-refractivity contribution in [2.75, 3.05) is 19.0 Å². The molecule has 0 amide bonds. The fourth-order valence-corrected chi connectivity index (χ4v) is 2.08. The molecule has 0 saturated heterocycles. The van der Waals surface area contributed by atoms with Crippen molar-refractivity contribution in [1.82, 2.24) is 0 Å². The first kappa shape index (κ1) is 12.7. The number of alkyl halides is 3. The van der Waals surface area contributed by atoms with Gasteiger partial charge in [-0.25, -0.2) is 0 Å². The Kier molecular flexibility index (Phi) is 3.19. The summed E-state index contributed by atoms with van der Waals surface area (Å²) in [7, 11) is 1.23. The molecule has 0 spiro atoms. The first-order chi connectivity index (χ1) is 8.43. The number of carbonyl (C=O) groups excluding carboxylic acids is 1. The number of benzene rings is 1. The number of rotatable bonds is 1. The van der Waals surface area contributed by atoms with Crippen molar-refractivity contribution in [2.24, 2.45) is 0 Å². The molecule has 3 nitrogen and oxygen atoms in total. The van der Waals surface area contributed by atoms with E-state index in [9.17, 15) is 18.0 Å². The summed E-state index contributed by atoms with van der Waals surface area (Å²) in [4.78, 5) is 11.6. The molecule has 1 heterocycles. The highest BCUT2D eigenvalue weighted by molar-refractivity contribution is 5.81. The van der Waals surface area contributed by atoms with Gasteiger partial charge < -0.3 is 10.1 Å². The smallest absolute Gasteiger partial charge is 0.416 e. The molecule has 0 aliphatic carbocycles. The number of anilines is 1. The second-order valence-corrected chi connectivity index (χ2v) is 4.09. The average Bonchev–Trinajstić information content (AvgIpc) is 2.35. The third-order valence-corrected chi connectivity index (χ3v) is 2.99. The Balaban J connectivity index is 2.44. The van der Waals surface area contributed by atoms with Crippen molar-refractivity contribution in [1.29, 1.82) is 0 Å². The Morgan fingerprint density at radius 2 is 2.17 bits per heavy atom. The maximum atomic E-state index is 12.6. The lowest BCUT2D eigenvalue weighted by Gasteiger charge is -2.25. The van der Waals surface area contributed by atoms with Crippen molar-refractivity contribution < 1.29 is 22.7 Å². The molecule has 6 heteroatoms. The summed E-state index contributed by atoms with van der Waals surface area (Å²) >= 11 is 0. The summed E-state index contributed by atoms with van der Waals surface area (Å²) in [5.41, 5.74) is 0.159. The summed E-state index contributed by atoms with van der Waals surface area (Å²) < 4.78 is 42.5. The molecule has 1 unspecified atom stereocenters. The highest BCUT2D eigenvalue weighted by atomic mass is 19.4. The summed E-state index contributed by atoms with van der Waals surface area (Å²) in [6, 6.07) is 3.38. The van der Waals surface area contributed by atoms with Crippen LogP contribution < -0.4 is 5.32 Å². The second kappa shape index (κ2) is 4.51. The van der Waals surface area contributed by atoms with Gasteiger partial charge in [-0.05, 0) is 30.2 Å². The van der Waals surface area contributed by atoms with Gasteiger partial charge in [0.25, 0.3) is 0 Å². The van der Waals surface area contributed by atoms with Crippen molar-refractivity contribution in [3.05, 3.63) is 29.3 Å². The van der Waals surface area contributed by atoms with Gasteiger partial charge in [-0.2, -0.15) is 13.2 Å². The quantitative estimate of drug-likeness (QED) is 0.788. The zero-order valence-electron chi connectivity index (χ0n) is 9.67. The number of esters is 1. The minimum absolute atomic E-state index is 0.350. The molecule has 98 valence electrons. The summed E-state index contributed by atoms with van der Waals surface area (Å²) in [5.74, 6) is -1.13. The van der Waals surface area contributed by atoms with Crippen LogP contribution >= 0.6 is 0 Å². The van der Waals surface area contributed by atoms with Crippen LogP contribution in [0.3, 0.4) is 0 Å². The fraction of sp³-hybridized carbons (Fsp3) is 0.417. The lowest BCUT2D eigenvalue weighted by atomic mass is 9.89. The Morgan fingerprint density at radius 1 is 1.44 bits per heavy atom. The number of ether oxygens (including phenoxy) is 1. The number of fused-ring (bicyclic) bond motifs is 1. The van der Waals surface area contributed by atoms with E-state index in [1.54, 1.807) is 0 Å². The van der Waals surface area contributed by atoms with Gasteiger partial charge in [-0.3, -0.25) is 4.79 Å². The van der Waals surface area contributed by atoms with Crippen LogP contribution in [0.15, 0.2) is 18.2 Å². The van der Waals surface area contributed by atoms with Crippen LogP contribution in [0.2, 0.25) is 0 Å². The van der Waals surface area contributed by atoms with Gasteiger partial charge in [-0.1, -0.05) is 0 Å². The predicted octanol–water partition coefficient (Wildman–Crippen LogP) is 2.78. The summed E-state index contributed by atoms with van der Waals surface area (Å²) in [5, 5.41) is 2.98. The molecular formula is C12H12F3NO2. The van der Waals surface area contributed by atoms with Gasteiger partial charge in [0.2, 0.25) is 0 Å². The number of halogens is 3. The van der Waals surface area contributed by atoms with Crippen molar-refractivity contribution in [2.45, 2.75) is 18.5 Å². The SMILES string of the molecule is COC(=O)C1CCNc2ccc(C(F)(F)F)cc21. The predicted molar refractivity (Wildman–Crippen MR) is 59.3 cm³/mol. The highest BCUT2D eigenvalue weighted by Crippen LogP contribution is 2.37. The summed E-state index contributed by atoms with van der Waals surface area (Å²) in [6.07, 6.45) is -3.98. The first-order valence-corrected chi connectivity index (χ1v) is 5.46. The molecule has 1 aromatic carbocycles. The third kappa shape index (κ3) is 2.27. The molecule has 1 aliphatic rings. The monoisotopic (exact) mass is 259 g/mol. The fourth-order valence-electron chi connectivity index (χ4n) is 2.08. The molecule has 2 rings (SSSR count). The van der Waals surface area contributed by atoms with Gasteiger partial charge in [0.05, 0.1) is 18.6 Å². The molecule has 1 aromatic rings. The topological polar surface area (TPSA) is 38.3 Å². The van der Waals surface area contributed by atoms with E-state index in [1.807, 2.05) is 0 Å².